The molecule has 5 nitrogen and oxygen atoms in total. The van der Waals surface area contributed by atoms with Crippen LogP contribution in [0.3, 0.4) is 0 Å². The topological polar surface area (TPSA) is 55.6 Å². The van der Waals surface area contributed by atoms with Gasteiger partial charge in [-0.15, -0.1) is 5.10 Å². The summed E-state index contributed by atoms with van der Waals surface area (Å²) in [5.41, 5.74) is -0.0272. The first-order valence-corrected chi connectivity index (χ1v) is 6.39. The number of hydrogen-bond donors (Lipinski definition) is 1. The second kappa shape index (κ2) is 4.38. The number of nitrogens with zero attached hydrogens (tertiary/aromatic N) is 4. The van der Waals surface area contributed by atoms with Crippen molar-refractivity contribution in [2.24, 2.45) is 0 Å². The number of tetrazole rings is 1. The van der Waals surface area contributed by atoms with E-state index in [1.165, 1.54) is 23.6 Å². The van der Waals surface area contributed by atoms with Crippen molar-refractivity contribution in [2.45, 2.75) is 38.3 Å². The van der Waals surface area contributed by atoms with Gasteiger partial charge in [0.1, 0.15) is 11.5 Å². The largest absolute Gasteiger partial charge is 0.302 e. The van der Waals surface area contributed by atoms with Crippen LogP contribution in [-0.2, 0) is 5.54 Å². The van der Waals surface area contributed by atoms with Gasteiger partial charge >= 0.3 is 0 Å². The molecule has 3 rings (SSSR count). The predicted octanol–water partition coefficient (Wildman–Crippen LogP) is 1.79. The quantitative estimate of drug-likeness (QED) is 0.911. The highest BCUT2D eigenvalue weighted by molar-refractivity contribution is 5.33. The van der Waals surface area contributed by atoms with E-state index in [4.69, 9.17) is 0 Å². The zero-order chi connectivity index (χ0) is 13.5. The summed E-state index contributed by atoms with van der Waals surface area (Å²) in [5, 5.41) is 15.1. The third-order valence-electron chi connectivity index (χ3n) is 3.25. The minimum atomic E-state index is -0.396. The summed E-state index contributed by atoms with van der Waals surface area (Å²) >= 11 is 0. The van der Waals surface area contributed by atoms with E-state index in [9.17, 15) is 4.39 Å². The maximum atomic E-state index is 13.9. The van der Waals surface area contributed by atoms with Gasteiger partial charge in [-0.2, -0.15) is 4.68 Å². The Bertz CT molecular complexity index is 588. The zero-order valence-corrected chi connectivity index (χ0v) is 11.0. The van der Waals surface area contributed by atoms with Crippen LogP contribution in [0, 0.1) is 5.82 Å². The predicted molar refractivity (Wildman–Crippen MR) is 68.3 cm³/mol. The van der Waals surface area contributed by atoms with Crippen molar-refractivity contribution in [3.63, 3.8) is 0 Å². The fourth-order valence-electron chi connectivity index (χ4n) is 2.17. The van der Waals surface area contributed by atoms with Gasteiger partial charge in [0.15, 0.2) is 5.82 Å². The summed E-state index contributed by atoms with van der Waals surface area (Å²) in [7, 11) is 0. The lowest BCUT2D eigenvalue weighted by molar-refractivity contribution is 0.367. The molecule has 6 heteroatoms. The van der Waals surface area contributed by atoms with Crippen LogP contribution in [0.1, 0.15) is 32.5 Å². The van der Waals surface area contributed by atoms with Crippen molar-refractivity contribution in [1.82, 2.24) is 25.5 Å². The number of nitrogens with one attached hydrogen (secondary N) is 1. The van der Waals surface area contributed by atoms with Crippen LogP contribution in [-0.4, -0.2) is 26.2 Å². The first-order valence-electron chi connectivity index (χ1n) is 6.39. The fourth-order valence-corrected chi connectivity index (χ4v) is 2.17. The maximum Gasteiger partial charge on any atom is 0.176 e. The van der Waals surface area contributed by atoms with Crippen LogP contribution in [0.2, 0.25) is 0 Å². The summed E-state index contributed by atoms with van der Waals surface area (Å²) in [5.74, 6) is 0.280. The molecule has 1 aromatic heterocycles. The number of para-hydroxylation sites is 1. The van der Waals surface area contributed by atoms with E-state index in [1.807, 2.05) is 13.8 Å². The van der Waals surface area contributed by atoms with E-state index in [0.29, 0.717) is 17.6 Å². The van der Waals surface area contributed by atoms with Crippen molar-refractivity contribution < 1.29 is 4.39 Å². The van der Waals surface area contributed by atoms with Gasteiger partial charge in [-0.1, -0.05) is 12.1 Å². The number of halogens is 1. The third kappa shape index (κ3) is 2.35. The van der Waals surface area contributed by atoms with Crippen LogP contribution in [0.4, 0.5) is 4.39 Å². The van der Waals surface area contributed by atoms with Crippen LogP contribution in [0.15, 0.2) is 24.3 Å². The SMILES string of the molecule is CC(C)(NC1CC1)c1nnnn1-c1ccccc1F. The lowest BCUT2D eigenvalue weighted by Gasteiger charge is -2.25. The van der Waals surface area contributed by atoms with Gasteiger partial charge in [-0.3, -0.25) is 0 Å². The highest BCUT2D eigenvalue weighted by atomic mass is 19.1. The van der Waals surface area contributed by atoms with Gasteiger partial charge in [-0.05, 0) is 49.2 Å². The van der Waals surface area contributed by atoms with Gasteiger partial charge in [0.05, 0.1) is 5.54 Å². The molecule has 0 unspecified atom stereocenters. The highest BCUT2D eigenvalue weighted by Gasteiger charge is 2.34. The number of aromatic nitrogens is 4. The Hall–Kier alpha value is -1.82. The summed E-state index contributed by atoms with van der Waals surface area (Å²) < 4.78 is 15.3. The summed E-state index contributed by atoms with van der Waals surface area (Å²) in [6.07, 6.45) is 2.34. The van der Waals surface area contributed by atoms with Crippen molar-refractivity contribution in [3.05, 3.63) is 35.9 Å². The van der Waals surface area contributed by atoms with Crippen molar-refractivity contribution in [3.8, 4) is 5.69 Å². The summed E-state index contributed by atoms with van der Waals surface area (Å²) in [4.78, 5) is 0. The molecule has 0 spiro atoms. The van der Waals surface area contributed by atoms with E-state index in [1.54, 1.807) is 18.2 Å². The molecule has 1 aliphatic rings. The van der Waals surface area contributed by atoms with E-state index in [2.05, 4.69) is 20.8 Å². The highest BCUT2D eigenvalue weighted by Crippen LogP contribution is 2.28. The molecule has 100 valence electrons. The van der Waals surface area contributed by atoms with E-state index >= 15 is 0 Å². The fraction of sp³-hybridized carbons (Fsp3) is 0.462. The Labute approximate surface area is 110 Å². The second-order valence-electron chi connectivity index (χ2n) is 5.41. The van der Waals surface area contributed by atoms with Crippen LogP contribution in [0.25, 0.3) is 5.69 Å². The van der Waals surface area contributed by atoms with Gasteiger partial charge in [0.2, 0.25) is 0 Å². The summed E-state index contributed by atoms with van der Waals surface area (Å²) in [6.45, 7) is 4.02. The van der Waals surface area contributed by atoms with Gasteiger partial charge < -0.3 is 5.32 Å². The number of hydrogen-bond acceptors (Lipinski definition) is 4. The molecule has 19 heavy (non-hydrogen) atoms. The van der Waals surface area contributed by atoms with Crippen molar-refractivity contribution >= 4 is 0 Å². The molecule has 1 fully saturated rings. The maximum absolute atomic E-state index is 13.9. The van der Waals surface area contributed by atoms with Crippen LogP contribution in [0.5, 0.6) is 0 Å². The van der Waals surface area contributed by atoms with Crippen molar-refractivity contribution in [2.75, 3.05) is 0 Å². The molecular formula is C13H16FN5. The monoisotopic (exact) mass is 261 g/mol. The zero-order valence-electron chi connectivity index (χ0n) is 11.0. The van der Waals surface area contributed by atoms with Crippen LogP contribution < -0.4 is 5.32 Å². The van der Waals surface area contributed by atoms with E-state index < -0.39 is 5.54 Å². The molecule has 2 aromatic rings. The minimum absolute atomic E-state index is 0.335. The third-order valence-corrected chi connectivity index (χ3v) is 3.25. The van der Waals surface area contributed by atoms with E-state index in [0.717, 1.165) is 0 Å². The minimum Gasteiger partial charge on any atom is -0.302 e. The Morgan fingerprint density at radius 1 is 1.32 bits per heavy atom. The normalized spacial score (nSPS) is 15.7. The first kappa shape index (κ1) is 12.2. The molecule has 0 saturated heterocycles. The van der Waals surface area contributed by atoms with Gasteiger partial charge in [0, 0.05) is 6.04 Å². The molecule has 1 heterocycles. The summed E-state index contributed by atoms with van der Waals surface area (Å²) in [6, 6.07) is 7.01. The molecule has 0 atom stereocenters. The van der Waals surface area contributed by atoms with Crippen LogP contribution >= 0.6 is 0 Å². The average molecular weight is 261 g/mol. The molecule has 0 bridgehead atoms. The first-order chi connectivity index (χ1) is 9.08. The van der Waals surface area contributed by atoms with Crippen molar-refractivity contribution in [1.29, 1.82) is 0 Å². The molecular weight excluding hydrogens is 245 g/mol. The molecule has 1 N–H and O–H groups in total. The molecule has 1 saturated carbocycles. The molecule has 0 aliphatic heterocycles. The average Bonchev–Trinajstić information content (AvgIpc) is 3.02. The Balaban J connectivity index is 2.00. The Kier molecular flexibility index (Phi) is 2.82. The Morgan fingerprint density at radius 3 is 2.74 bits per heavy atom. The number of rotatable bonds is 4. The number of benzene rings is 1. The lowest BCUT2D eigenvalue weighted by Crippen LogP contribution is -2.40. The smallest absolute Gasteiger partial charge is 0.176 e. The molecule has 0 amide bonds. The lowest BCUT2D eigenvalue weighted by atomic mass is 10.0. The van der Waals surface area contributed by atoms with Gasteiger partial charge in [0.25, 0.3) is 0 Å². The molecule has 0 radical (unpaired) electrons. The standard InChI is InChI=1S/C13H16FN5/c1-13(2,15-9-7-8-9)12-16-17-18-19(12)11-6-4-3-5-10(11)14/h3-6,9,15H,7-8H2,1-2H3. The second-order valence-corrected chi connectivity index (χ2v) is 5.41. The molecule has 1 aromatic carbocycles. The van der Waals surface area contributed by atoms with E-state index in [-0.39, 0.29) is 5.82 Å². The van der Waals surface area contributed by atoms with Gasteiger partial charge in [-0.25, -0.2) is 4.39 Å². The molecule has 1 aliphatic carbocycles. The Morgan fingerprint density at radius 2 is 2.05 bits per heavy atom.